The van der Waals surface area contributed by atoms with Gasteiger partial charge in [-0.05, 0) is 12.0 Å². The molecule has 3 nitrogen and oxygen atoms in total. The van der Waals surface area contributed by atoms with Crippen molar-refractivity contribution in [3.05, 3.63) is 35.9 Å². The molecule has 1 aromatic rings. The molecule has 0 radical (unpaired) electrons. The van der Waals surface area contributed by atoms with Crippen molar-refractivity contribution in [1.82, 2.24) is 4.90 Å². The van der Waals surface area contributed by atoms with Gasteiger partial charge < -0.3 is 10.6 Å². The van der Waals surface area contributed by atoms with E-state index in [4.69, 9.17) is 5.73 Å². The molecule has 1 amide bonds. The first-order valence-corrected chi connectivity index (χ1v) is 5.33. The van der Waals surface area contributed by atoms with E-state index in [1.807, 2.05) is 30.3 Å². The van der Waals surface area contributed by atoms with Crippen LogP contribution < -0.4 is 5.73 Å². The first kappa shape index (κ1) is 13.6. The van der Waals surface area contributed by atoms with Crippen molar-refractivity contribution in [2.24, 2.45) is 5.73 Å². The second kappa shape index (κ2) is 6.30. The van der Waals surface area contributed by atoms with Crippen LogP contribution in [0.1, 0.15) is 5.56 Å². The number of benzene rings is 1. The van der Waals surface area contributed by atoms with Crippen LogP contribution in [0.15, 0.2) is 30.3 Å². The van der Waals surface area contributed by atoms with E-state index in [2.05, 4.69) is 0 Å². The molecule has 0 fully saturated rings. The van der Waals surface area contributed by atoms with E-state index in [1.165, 1.54) is 7.05 Å². The number of amides is 1. The Balaban J connectivity index is 2.52. The maximum atomic E-state index is 12.1. The summed E-state index contributed by atoms with van der Waals surface area (Å²) in [7, 11) is 1.33. The number of likely N-dealkylation sites (N-methyl/N-ethyl adjacent to an activating group) is 1. The SMILES string of the molecule is CN(CC(F)F)C(=O)[C@@H](N)Cc1ccccc1. The van der Waals surface area contributed by atoms with Gasteiger partial charge >= 0.3 is 0 Å². The molecule has 2 N–H and O–H groups in total. The van der Waals surface area contributed by atoms with Crippen molar-refractivity contribution < 1.29 is 13.6 Å². The number of nitrogens with zero attached hydrogens (tertiary/aromatic N) is 1. The average Bonchev–Trinajstić information content (AvgIpc) is 2.28. The molecule has 1 atom stereocenters. The molecule has 17 heavy (non-hydrogen) atoms. The summed E-state index contributed by atoms with van der Waals surface area (Å²) in [5, 5.41) is 0. The molecule has 0 aliphatic rings. The van der Waals surface area contributed by atoms with E-state index in [-0.39, 0.29) is 0 Å². The van der Waals surface area contributed by atoms with Crippen LogP contribution >= 0.6 is 0 Å². The first-order chi connectivity index (χ1) is 8.00. The van der Waals surface area contributed by atoms with Crippen molar-refractivity contribution >= 4 is 5.91 Å². The van der Waals surface area contributed by atoms with Crippen molar-refractivity contribution in [3.63, 3.8) is 0 Å². The van der Waals surface area contributed by atoms with Gasteiger partial charge in [0.25, 0.3) is 6.43 Å². The van der Waals surface area contributed by atoms with E-state index >= 15 is 0 Å². The Labute approximate surface area is 99.2 Å². The summed E-state index contributed by atoms with van der Waals surface area (Å²) in [4.78, 5) is 12.6. The van der Waals surface area contributed by atoms with E-state index in [0.717, 1.165) is 10.5 Å². The highest BCUT2D eigenvalue weighted by Gasteiger charge is 2.20. The maximum Gasteiger partial charge on any atom is 0.255 e. The summed E-state index contributed by atoms with van der Waals surface area (Å²) < 4.78 is 24.2. The summed E-state index contributed by atoms with van der Waals surface area (Å²) >= 11 is 0. The predicted octanol–water partition coefficient (Wildman–Crippen LogP) is 1.28. The molecule has 1 aromatic carbocycles. The van der Waals surface area contributed by atoms with Crippen LogP contribution in [0.3, 0.4) is 0 Å². The highest BCUT2D eigenvalue weighted by molar-refractivity contribution is 5.81. The van der Waals surface area contributed by atoms with Gasteiger partial charge in [0.1, 0.15) is 0 Å². The third-order valence-electron chi connectivity index (χ3n) is 2.40. The molecule has 0 heterocycles. The lowest BCUT2D eigenvalue weighted by Gasteiger charge is -2.20. The van der Waals surface area contributed by atoms with Crippen LogP contribution in [0.5, 0.6) is 0 Å². The van der Waals surface area contributed by atoms with Crippen LogP contribution in [0.2, 0.25) is 0 Å². The molecule has 94 valence electrons. The number of rotatable bonds is 5. The Kier molecular flexibility index (Phi) is 5.03. The van der Waals surface area contributed by atoms with Crippen LogP contribution in [0, 0.1) is 0 Å². The van der Waals surface area contributed by atoms with Gasteiger partial charge in [-0.2, -0.15) is 0 Å². The lowest BCUT2D eigenvalue weighted by molar-refractivity contribution is -0.132. The fourth-order valence-electron chi connectivity index (χ4n) is 1.54. The standard InChI is InChI=1S/C12H16F2N2O/c1-16(8-11(13)14)12(17)10(15)7-9-5-3-2-4-6-9/h2-6,10-11H,7-8,15H2,1H3/t10-/m0/s1. The fraction of sp³-hybridized carbons (Fsp3) is 0.417. The molecule has 0 aromatic heterocycles. The Morgan fingerprint density at radius 3 is 2.47 bits per heavy atom. The lowest BCUT2D eigenvalue weighted by atomic mass is 10.1. The normalized spacial score (nSPS) is 12.5. The molecular weight excluding hydrogens is 226 g/mol. The Morgan fingerprint density at radius 2 is 1.94 bits per heavy atom. The van der Waals surface area contributed by atoms with Crippen LogP contribution in [0.4, 0.5) is 8.78 Å². The molecule has 0 unspecified atom stereocenters. The topological polar surface area (TPSA) is 46.3 Å². The van der Waals surface area contributed by atoms with E-state index in [9.17, 15) is 13.6 Å². The van der Waals surface area contributed by atoms with Gasteiger partial charge in [0.2, 0.25) is 5.91 Å². The van der Waals surface area contributed by atoms with Crippen molar-refractivity contribution in [2.75, 3.05) is 13.6 Å². The first-order valence-electron chi connectivity index (χ1n) is 5.33. The number of carbonyl (C=O) groups is 1. The van der Waals surface area contributed by atoms with Crippen molar-refractivity contribution in [2.45, 2.75) is 18.9 Å². The minimum absolute atomic E-state index is 0.354. The summed E-state index contributed by atoms with van der Waals surface area (Å²) in [6.45, 7) is -0.582. The predicted molar refractivity (Wildman–Crippen MR) is 61.8 cm³/mol. The number of hydrogen-bond acceptors (Lipinski definition) is 2. The third-order valence-corrected chi connectivity index (χ3v) is 2.40. The van der Waals surface area contributed by atoms with Gasteiger partial charge in [0.15, 0.2) is 0 Å². The number of nitrogens with two attached hydrogens (primary N) is 1. The fourth-order valence-corrected chi connectivity index (χ4v) is 1.54. The van der Waals surface area contributed by atoms with Gasteiger partial charge in [-0.1, -0.05) is 30.3 Å². The van der Waals surface area contributed by atoms with Gasteiger partial charge in [-0.25, -0.2) is 8.78 Å². The van der Waals surface area contributed by atoms with Gasteiger partial charge in [-0.15, -0.1) is 0 Å². The number of hydrogen-bond donors (Lipinski definition) is 1. The summed E-state index contributed by atoms with van der Waals surface area (Å²) in [5.74, 6) is -0.464. The monoisotopic (exact) mass is 242 g/mol. The smallest absolute Gasteiger partial charge is 0.255 e. The molecule has 0 saturated carbocycles. The molecule has 0 spiro atoms. The van der Waals surface area contributed by atoms with E-state index < -0.39 is 24.9 Å². The number of carbonyl (C=O) groups excluding carboxylic acids is 1. The largest absolute Gasteiger partial charge is 0.339 e. The van der Waals surface area contributed by atoms with Gasteiger partial charge in [-0.3, -0.25) is 4.79 Å². The average molecular weight is 242 g/mol. The Bertz CT molecular complexity index is 357. The molecule has 0 aliphatic carbocycles. The minimum atomic E-state index is -2.53. The van der Waals surface area contributed by atoms with Crippen LogP contribution in [-0.2, 0) is 11.2 Å². The molecule has 0 bridgehead atoms. The molecule has 5 heteroatoms. The highest BCUT2D eigenvalue weighted by atomic mass is 19.3. The number of halogens is 2. The Morgan fingerprint density at radius 1 is 1.35 bits per heavy atom. The van der Waals surface area contributed by atoms with Crippen molar-refractivity contribution in [1.29, 1.82) is 0 Å². The maximum absolute atomic E-state index is 12.1. The van der Waals surface area contributed by atoms with E-state index in [0.29, 0.717) is 6.42 Å². The zero-order chi connectivity index (χ0) is 12.8. The van der Waals surface area contributed by atoms with Gasteiger partial charge in [0.05, 0.1) is 12.6 Å². The van der Waals surface area contributed by atoms with Crippen LogP contribution in [-0.4, -0.2) is 36.9 Å². The number of alkyl halides is 2. The summed E-state index contributed by atoms with van der Waals surface area (Å²) in [6, 6.07) is 8.46. The summed E-state index contributed by atoms with van der Waals surface area (Å²) in [6.07, 6.45) is -2.18. The highest BCUT2D eigenvalue weighted by Crippen LogP contribution is 2.05. The minimum Gasteiger partial charge on any atom is -0.339 e. The molecule has 0 saturated heterocycles. The van der Waals surface area contributed by atoms with Crippen LogP contribution in [0.25, 0.3) is 0 Å². The molecular formula is C12H16F2N2O. The second-order valence-corrected chi connectivity index (χ2v) is 3.91. The van der Waals surface area contributed by atoms with Crippen molar-refractivity contribution in [3.8, 4) is 0 Å². The quantitative estimate of drug-likeness (QED) is 0.845. The zero-order valence-electron chi connectivity index (χ0n) is 9.64. The zero-order valence-corrected chi connectivity index (χ0v) is 9.64. The van der Waals surface area contributed by atoms with Gasteiger partial charge in [0, 0.05) is 7.05 Å². The lowest BCUT2D eigenvalue weighted by Crippen LogP contribution is -2.44. The summed E-state index contributed by atoms with van der Waals surface area (Å²) in [5.41, 5.74) is 6.61. The Hall–Kier alpha value is -1.49. The second-order valence-electron chi connectivity index (χ2n) is 3.91. The molecule has 0 aliphatic heterocycles. The third kappa shape index (κ3) is 4.48. The van der Waals surface area contributed by atoms with E-state index in [1.54, 1.807) is 0 Å². The molecule has 1 rings (SSSR count).